The lowest BCUT2D eigenvalue weighted by atomic mass is 10.2. The van der Waals surface area contributed by atoms with Crippen LogP contribution in [-0.2, 0) is 0 Å². The molecule has 1 aromatic heterocycles. The Hall–Kier alpha value is -1.69. The molecule has 0 saturated heterocycles. The highest BCUT2D eigenvalue weighted by Crippen LogP contribution is 2.20. The fourth-order valence-corrected chi connectivity index (χ4v) is 1.63. The fraction of sp³-hybridized carbons (Fsp3) is 0.583. The topological polar surface area (TPSA) is 86.5 Å². The Morgan fingerprint density at radius 1 is 1.50 bits per heavy atom. The summed E-state index contributed by atoms with van der Waals surface area (Å²) in [5.74, 6) is -0.494. The van der Waals surface area contributed by atoms with Gasteiger partial charge in [-0.15, -0.1) is 0 Å². The molecular formula is C12H19N3O3. The van der Waals surface area contributed by atoms with Crippen molar-refractivity contribution < 1.29 is 15.0 Å². The molecule has 0 aromatic carbocycles. The van der Waals surface area contributed by atoms with Gasteiger partial charge >= 0.3 is 5.97 Å². The van der Waals surface area contributed by atoms with Gasteiger partial charge in [0.25, 0.3) is 0 Å². The predicted octanol–water partition coefficient (Wildman–Crippen LogP) is 1.12. The van der Waals surface area contributed by atoms with Crippen LogP contribution >= 0.6 is 0 Å². The molecule has 0 atom stereocenters. The van der Waals surface area contributed by atoms with Crippen molar-refractivity contribution in [3.63, 3.8) is 0 Å². The third-order valence-corrected chi connectivity index (χ3v) is 2.60. The van der Waals surface area contributed by atoms with E-state index in [1.54, 1.807) is 4.90 Å². The minimum atomic E-state index is -1.08. The lowest BCUT2D eigenvalue weighted by Crippen LogP contribution is -2.29. The van der Waals surface area contributed by atoms with Crippen LogP contribution in [-0.4, -0.2) is 45.8 Å². The number of hydrogen-bond donors (Lipinski definition) is 2. The number of aliphatic hydroxyl groups is 1. The molecule has 6 nitrogen and oxygen atoms in total. The first-order chi connectivity index (χ1) is 8.51. The Labute approximate surface area is 106 Å². The molecule has 0 aliphatic rings. The highest BCUT2D eigenvalue weighted by molar-refractivity contribution is 5.92. The van der Waals surface area contributed by atoms with Crippen LogP contribution in [0.4, 0.5) is 5.69 Å². The van der Waals surface area contributed by atoms with Crippen LogP contribution < -0.4 is 4.90 Å². The summed E-state index contributed by atoms with van der Waals surface area (Å²) in [5, 5.41) is 18.2. The highest BCUT2D eigenvalue weighted by atomic mass is 16.4. The van der Waals surface area contributed by atoms with E-state index in [1.165, 1.54) is 6.20 Å². The van der Waals surface area contributed by atoms with Gasteiger partial charge in [-0.3, -0.25) is 0 Å². The van der Waals surface area contributed by atoms with Crippen LogP contribution in [0.25, 0.3) is 0 Å². The lowest BCUT2D eigenvalue weighted by molar-refractivity contribution is 0.0690. The summed E-state index contributed by atoms with van der Waals surface area (Å²) in [5.41, 5.74) is 0.437. The van der Waals surface area contributed by atoms with Gasteiger partial charge in [-0.25, -0.2) is 14.8 Å². The van der Waals surface area contributed by atoms with Crippen molar-refractivity contribution in [2.45, 2.75) is 26.7 Å². The smallest absolute Gasteiger partial charge is 0.356 e. The van der Waals surface area contributed by atoms with Crippen LogP contribution in [0.3, 0.4) is 0 Å². The van der Waals surface area contributed by atoms with E-state index in [4.69, 9.17) is 5.11 Å². The number of carbonyl (C=O) groups is 1. The maximum Gasteiger partial charge on any atom is 0.356 e. The first kappa shape index (κ1) is 14.4. The lowest BCUT2D eigenvalue weighted by Gasteiger charge is -2.23. The quantitative estimate of drug-likeness (QED) is 0.790. The second-order valence-corrected chi connectivity index (χ2v) is 4.23. The number of likely N-dealkylation sites (N-methyl/N-ethyl adjacent to an activating group) is 1. The number of aliphatic hydroxyl groups excluding tert-OH is 1. The van der Waals surface area contributed by atoms with E-state index in [-0.39, 0.29) is 18.2 Å². The van der Waals surface area contributed by atoms with Gasteiger partial charge in [-0.05, 0) is 6.92 Å². The zero-order chi connectivity index (χ0) is 13.7. The highest BCUT2D eigenvalue weighted by Gasteiger charge is 2.19. The van der Waals surface area contributed by atoms with E-state index < -0.39 is 5.97 Å². The minimum absolute atomic E-state index is 0.0102. The predicted molar refractivity (Wildman–Crippen MR) is 68.1 cm³/mol. The van der Waals surface area contributed by atoms with Gasteiger partial charge in [0.2, 0.25) is 0 Å². The van der Waals surface area contributed by atoms with E-state index >= 15 is 0 Å². The molecular weight excluding hydrogens is 234 g/mol. The maximum atomic E-state index is 11.2. The molecule has 0 spiro atoms. The molecule has 0 bridgehead atoms. The summed E-state index contributed by atoms with van der Waals surface area (Å²) < 4.78 is 0. The molecule has 100 valence electrons. The van der Waals surface area contributed by atoms with Gasteiger partial charge < -0.3 is 15.1 Å². The van der Waals surface area contributed by atoms with Crippen LogP contribution in [0.1, 0.15) is 43.0 Å². The van der Waals surface area contributed by atoms with Crippen molar-refractivity contribution in [3.05, 3.63) is 17.7 Å². The SMILES string of the molecule is CCN(CCO)c1cnc(C(C)C)nc1C(=O)O. The zero-order valence-electron chi connectivity index (χ0n) is 10.9. The Balaban J connectivity index is 3.21. The van der Waals surface area contributed by atoms with Gasteiger partial charge in [0.15, 0.2) is 5.69 Å². The van der Waals surface area contributed by atoms with E-state index in [0.717, 1.165) is 0 Å². The number of anilines is 1. The number of nitrogens with zero attached hydrogens (tertiary/aromatic N) is 3. The first-order valence-corrected chi connectivity index (χ1v) is 5.97. The third kappa shape index (κ3) is 3.16. The normalized spacial score (nSPS) is 10.7. The summed E-state index contributed by atoms with van der Waals surface area (Å²) in [6, 6.07) is 0. The summed E-state index contributed by atoms with van der Waals surface area (Å²) in [7, 11) is 0. The van der Waals surface area contributed by atoms with Crippen molar-refractivity contribution >= 4 is 11.7 Å². The molecule has 18 heavy (non-hydrogen) atoms. The van der Waals surface area contributed by atoms with Gasteiger partial charge in [-0.2, -0.15) is 0 Å². The zero-order valence-corrected chi connectivity index (χ0v) is 10.9. The molecule has 1 heterocycles. The molecule has 0 fully saturated rings. The molecule has 0 unspecified atom stereocenters. The van der Waals surface area contributed by atoms with Crippen LogP contribution in [0.2, 0.25) is 0 Å². The fourth-order valence-electron chi connectivity index (χ4n) is 1.63. The van der Waals surface area contributed by atoms with E-state index in [0.29, 0.717) is 24.6 Å². The minimum Gasteiger partial charge on any atom is -0.476 e. The van der Waals surface area contributed by atoms with Gasteiger partial charge in [0.05, 0.1) is 18.5 Å². The number of carboxylic acids is 1. The Kier molecular flexibility index (Phi) is 5.03. The Morgan fingerprint density at radius 3 is 2.61 bits per heavy atom. The number of aromatic nitrogens is 2. The summed E-state index contributed by atoms with van der Waals surface area (Å²) in [6.45, 7) is 6.61. The number of carboxylic acid groups (broad SMARTS) is 1. The van der Waals surface area contributed by atoms with Crippen molar-refractivity contribution in [1.29, 1.82) is 0 Å². The van der Waals surface area contributed by atoms with Gasteiger partial charge in [0, 0.05) is 19.0 Å². The molecule has 0 aliphatic carbocycles. The number of aromatic carboxylic acids is 1. The summed E-state index contributed by atoms with van der Waals surface area (Å²) in [4.78, 5) is 21.2. The molecule has 0 radical (unpaired) electrons. The average Bonchev–Trinajstić information content (AvgIpc) is 2.35. The average molecular weight is 253 g/mol. The molecule has 0 aliphatic heterocycles. The van der Waals surface area contributed by atoms with Crippen LogP contribution in [0.15, 0.2) is 6.20 Å². The van der Waals surface area contributed by atoms with Gasteiger partial charge in [0.1, 0.15) is 5.82 Å². The summed E-state index contributed by atoms with van der Waals surface area (Å²) in [6.07, 6.45) is 1.52. The van der Waals surface area contributed by atoms with E-state index in [1.807, 2.05) is 20.8 Å². The van der Waals surface area contributed by atoms with Gasteiger partial charge in [-0.1, -0.05) is 13.8 Å². The molecule has 0 amide bonds. The van der Waals surface area contributed by atoms with E-state index in [9.17, 15) is 9.90 Å². The molecule has 2 N–H and O–H groups in total. The standard InChI is InChI=1S/C12H19N3O3/c1-4-15(5-6-16)9-7-13-11(8(2)3)14-10(9)12(17)18/h7-8,16H,4-6H2,1-3H3,(H,17,18). The van der Waals surface area contributed by atoms with Crippen molar-refractivity contribution in [3.8, 4) is 0 Å². The first-order valence-electron chi connectivity index (χ1n) is 5.97. The Bertz CT molecular complexity index is 421. The number of hydrogen-bond acceptors (Lipinski definition) is 5. The molecule has 6 heteroatoms. The van der Waals surface area contributed by atoms with Crippen molar-refractivity contribution in [2.75, 3.05) is 24.6 Å². The van der Waals surface area contributed by atoms with Crippen molar-refractivity contribution in [2.24, 2.45) is 0 Å². The van der Waals surface area contributed by atoms with Crippen LogP contribution in [0.5, 0.6) is 0 Å². The number of rotatable bonds is 6. The summed E-state index contributed by atoms with van der Waals surface area (Å²) >= 11 is 0. The molecule has 1 rings (SSSR count). The van der Waals surface area contributed by atoms with E-state index in [2.05, 4.69) is 9.97 Å². The monoisotopic (exact) mass is 253 g/mol. The maximum absolute atomic E-state index is 11.2. The second kappa shape index (κ2) is 6.30. The molecule has 1 aromatic rings. The molecule has 0 saturated carbocycles. The largest absolute Gasteiger partial charge is 0.476 e. The Morgan fingerprint density at radius 2 is 2.17 bits per heavy atom. The second-order valence-electron chi connectivity index (χ2n) is 4.23. The van der Waals surface area contributed by atoms with Crippen LogP contribution in [0, 0.1) is 0 Å². The van der Waals surface area contributed by atoms with Crippen molar-refractivity contribution in [1.82, 2.24) is 9.97 Å². The third-order valence-electron chi connectivity index (χ3n) is 2.60.